The van der Waals surface area contributed by atoms with Crippen LogP contribution in [0.15, 0.2) is 55.2 Å². The third kappa shape index (κ3) is 3.93. The number of amides is 1. The average Bonchev–Trinajstić information content (AvgIpc) is 2.47. The Morgan fingerprint density at radius 2 is 2.18 bits per heavy atom. The summed E-state index contributed by atoms with van der Waals surface area (Å²) < 4.78 is 31.6. The summed E-state index contributed by atoms with van der Waals surface area (Å²) in [5.41, 5.74) is 5.39. The van der Waals surface area contributed by atoms with E-state index >= 15 is 0 Å². The molecule has 0 fully saturated rings. The van der Waals surface area contributed by atoms with Gasteiger partial charge in [0, 0.05) is 24.8 Å². The van der Waals surface area contributed by atoms with Gasteiger partial charge in [-0.2, -0.15) is 8.42 Å². The molecule has 1 amide bonds. The minimum atomic E-state index is -4.24. The molecule has 1 aromatic heterocycles. The van der Waals surface area contributed by atoms with Crippen molar-refractivity contribution < 1.29 is 17.8 Å². The van der Waals surface area contributed by atoms with Gasteiger partial charge >= 0.3 is 0 Å². The lowest BCUT2D eigenvalue weighted by molar-refractivity contribution is 0.1000. The Balaban J connectivity index is 2.04. The summed E-state index contributed by atoms with van der Waals surface area (Å²) in [7, 11) is -4.24. The van der Waals surface area contributed by atoms with Crippen LogP contribution in [0, 0.1) is 0 Å². The minimum Gasteiger partial charge on any atom is -0.366 e. The first-order valence-corrected chi connectivity index (χ1v) is 7.66. The van der Waals surface area contributed by atoms with Crippen LogP contribution in [-0.4, -0.2) is 34.1 Å². The first-order valence-electron chi connectivity index (χ1n) is 6.16. The van der Waals surface area contributed by atoms with Gasteiger partial charge in [0.15, 0.2) is 5.37 Å². The lowest BCUT2D eigenvalue weighted by Gasteiger charge is -2.24. The molecule has 2 heterocycles. The lowest BCUT2D eigenvalue weighted by Crippen LogP contribution is -2.33. The van der Waals surface area contributed by atoms with Crippen molar-refractivity contribution in [2.24, 2.45) is 5.73 Å². The molecule has 1 aromatic rings. The predicted octanol–water partition coefficient (Wildman–Crippen LogP) is 0.663. The number of nitrogens with two attached hydrogens (primary N) is 1. The van der Waals surface area contributed by atoms with Gasteiger partial charge in [-0.25, -0.2) is 4.98 Å². The number of hydrogen-bond acceptors (Lipinski definition) is 6. The second-order valence-electron chi connectivity index (χ2n) is 4.34. The Hall–Kier alpha value is -2.65. The van der Waals surface area contributed by atoms with Crippen molar-refractivity contribution in [2.75, 3.05) is 5.32 Å². The maximum atomic E-state index is 11.2. The number of primary amides is 1. The summed E-state index contributed by atoms with van der Waals surface area (Å²) in [6.45, 7) is 0. The van der Waals surface area contributed by atoms with Gasteiger partial charge in [-0.15, -0.1) is 0 Å². The fourth-order valence-corrected chi connectivity index (χ4v) is 2.45. The molecule has 8 nitrogen and oxygen atoms in total. The second kappa shape index (κ2) is 6.41. The standard InChI is InChI=1S/C13H14N4O4S/c14-13(18)10-4-5-11(16-9-10)15-6-8-17-7-2-1-3-12(17)22(19,20)21/h1-9,12H,(H2,14,18)(H,15,16)(H,19,20,21). The first-order chi connectivity index (χ1) is 10.4. The highest BCUT2D eigenvalue weighted by Crippen LogP contribution is 2.14. The molecular formula is C13H14N4O4S. The van der Waals surface area contributed by atoms with Crippen LogP contribution in [0.3, 0.4) is 0 Å². The summed E-state index contributed by atoms with van der Waals surface area (Å²) in [5, 5.41) is 1.63. The molecule has 0 bridgehead atoms. The van der Waals surface area contributed by atoms with Gasteiger partial charge in [-0.3, -0.25) is 9.35 Å². The lowest BCUT2D eigenvalue weighted by atomic mass is 10.3. The number of aromatic nitrogens is 1. The van der Waals surface area contributed by atoms with Crippen LogP contribution in [0.4, 0.5) is 5.82 Å². The Morgan fingerprint density at radius 3 is 2.77 bits per heavy atom. The molecule has 0 spiro atoms. The summed E-state index contributed by atoms with van der Waals surface area (Å²) in [6, 6.07) is 3.06. The van der Waals surface area contributed by atoms with Crippen LogP contribution in [0.25, 0.3) is 0 Å². The van der Waals surface area contributed by atoms with Gasteiger partial charge in [0.05, 0.1) is 5.56 Å². The SMILES string of the molecule is NC(=O)c1ccc(NC=CN2C=CC=CC2S(=O)(=O)O)nc1. The fourth-order valence-electron chi connectivity index (χ4n) is 1.71. The van der Waals surface area contributed by atoms with E-state index in [1.54, 1.807) is 12.1 Å². The van der Waals surface area contributed by atoms with E-state index in [-0.39, 0.29) is 5.56 Å². The normalized spacial score (nSPS) is 17.9. The van der Waals surface area contributed by atoms with Crippen molar-refractivity contribution in [3.05, 3.63) is 60.7 Å². The van der Waals surface area contributed by atoms with Gasteiger partial charge in [0.2, 0.25) is 5.91 Å². The van der Waals surface area contributed by atoms with Crippen LogP contribution in [0.5, 0.6) is 0 Å². The predicted molar refractivity (Wildman–Crippen MR) is 81.0 cm³/mol. The van der Waals surface area contributed by atoms with E-state index in [2.05, 4.69) is 10.3 Å². The molecule has 0 saturated heterocycles. The number of carbonyl (C=O) groups excluding carboxylic acids is 1. The molecule has 1 aliphatic rings. The number of carbonyl (C=O) groups is 1. The molecule has 0 radical (unpaired) electrons. The van der Waals surface area contributed by atoms with Crippen molar-refractivity contribution in [1.82, 2.24) is 9.88 Å². The van der Waals surface area contributed by atoms with E-state index in [9.17, 15) is 13.2 Å². The Morgan fingerprint density at radius 1 is 1.41 bits per heavy atom. The van der Waals surface area contributed by atoms with Crippen LogP contribution in [-0.2, 0) is 10.1 Å². The molecule has 1 aliphatic heterocycles. The summed E-state index contributed by atoms with van der Waals surface area (Å²) >= 11 is 0. The van der Waals surface area contributed by atoms with E-state index in [1.165, 1.54) is 47.9 Å². The minimum absolute atomic E-state index is 0.282. The quantitative estimate of drug-likeness (QED) is 0.680. The topological polar surface area (TPSA) is 126 Å². The maximum absolute atomic E-state index is 11.2. The summed E-state index contributed by atoms with van der Waals surface area (Å²) in [6.07, 6.45) is 10.2. The van der Waals surface area contributed by atoms with E-state index in [0.717, 1.165) is 0 Å². The van der Waals surface area contributed by atoms with E-state index in [4.69, 9.17) is 10.3 Å². The van der Waals surface area contributed by atoms with Crippen molar-refractivity contribution >= 4 is 21.8 Å². The maximum Gasteiger partial charge on any atom is 0.290 e. The van der Waals surface area contributed by atoms with Crippen molar-refractivity contribution in [1.29, 1.82) is 0 Å². The van der Waals surface area contributed by atoms with Crippen LogP contribution in [0.1, 0.15) is 10.4 Å². The largest absolute Gasteiger partial charge is 0.366 e. The van der Waals surface area contributed by atoms with Gasteiger partial charge < -0.3 is 16.0 Å². The number of anilines is 1. The van der Waals surface area contributed by atoms with Crippen molar-refractivity contribution in [3.63, 3.8) is 0 Å². The Bertz CT molecular complexity index is 738. The van der Waals surface area contributed by atoms with Crippen molar-refractivity contribution in [3.8, 4) is 0 Å². The number of nitrogens with zero attached hydrogens (tertiary/aromatic N) is 2. The molecule has 2 rings (SSSR count). The van der Waals surface area contributed by atoms with Crippen LogP contribution < -0.4 is 11.1 Å². The van der Waals surface area contributed by atoms with Crippen molar-refractivity contribution in [2.45, 2.75) is 5.37 Å². The number of hydrogen-bond donors (Lipinski definition) is 3. The zero-order chi connectivity index (χ0) is 16.2. The van der Waals surface area contributed by atoms with Crippen LogP contribution >= 0.6 is 0 Å². The number of rotatable bonds is 5. The number of allylic oxidation sites excluding steroid dienone is 2. The second-order valence-corrected chi connectivity index (χ2v) is 5.85. The number of nitrogens with one attached hydrogen (secondary N) is 1. The van der Waals surface area contributed by atoms with Crippen LogP contribution in [0.2, 0.25) is 0 Å². The third-order valence-corrected chi connectivity index (χ3v) is 3.78. The summed E-state index contributed by atoms with van der Waals surface area (Å²) in [4.78, 5) is 16.2. The van der Waals surface area contributed by atoms with E-state index in [0.29, 0.717) is 5.82 Å². The first kappa shape index (κ1) is 15.7. The molecule has 1 unspecified atom stereocenters. The highest BCUT2D eigenvalue weighted by molar-refractivity contribution is 7.86. The molecule has 0 saturated carbocycles. The third-order valence-electron chi connectivity index (χ3n) is 2.77. The van der Waals surface area contributed by atoms with E-state index < -0.39 is 21.4 Å². The molecule has 9 heteroatoms. The van der Waals surface area contributed by atoms with E-state index in [1.807, 2.05) is 0 Å². The fraction of sp³-hybridized carbons (Fsp3) is 0.0769. The molecule has 0 aromatic carbocycles. The summed E-state index contributed by atoms with van der Waals surface area (Å²) in [5.74, 6) is -0.128. The Labute approximate surface area is 127 Å². The molecular weight excluding hydrogens is 308 g/mol. The number of pyridine rings is 1. The zero-order valence-corrected chi connectivity index (χ0v) is 12.1. The highest BCUT2D eigenvalue weighted by Gasteiger charge is 2.25. The average molecular weight is 322 g/mol. The monoisotopic (exact) mass is 322 g/mol. The highest BCUT2D eigenvalue weighted by atomic mass is 32.2. The molecule has 0 aliphatic carbocycles. The molecule has 22 heavy (non-hydrogen) atoms. The molecule has 116 valence electrons. The Kier molecular flexibility index (Phi) is 4.59. The van der Waals surface area contributed by atoms with Gasteiger partial charge in [0.25, 0.3) is 10.1 Å². The smallest absolute Gasteiger partial charge is 0.290 e. The van der Waals surface area contributed by atoms with Gasteiger partial charge in [-0.1, -0.05) is 6.08 Å². The molecule has 4 N–H and O–H groups in total. The zero-order valence-electron chi connectivity index (χ0n) is 11.3. The van der Waals surface area contributed by atoms with Gasteiger partial charge in [0.1, 0.15) is 5.82 Å². The van der Waals surface area contributed by atoms with Gasteiger partial charge in [-0.05, 0) is 24.3 Å². The molecule has 1 atom stereocenters.